The number of hydrogen-bond acceptors (Lipinski definition) is 3. The van der Waals surface area contributed by atoms with Gasteiger partial charge in [-0.1, -0.05) is 11.6 Å². The molecule has 0 saturated carbocycles. The molecule has 20 heavy (non-hydrogen) atoms. The van der Waals surface area contributed by atoms with Crippen LogP contribution in [-0.4, -0.2) is 33.2 Å². The van der Waals surface area contributed by atoms with Crippen molar-refractivity contribution < 1.29 is 4.39 Å². The second kappa shape index (κ2) is 5.89. The van der Waals surface area contributed by atoms with Crippen LogP contribution in [0.2, 0.25) is 5.02 Å². The predicted octanol–water partition coefficient (Wildman–Crippen LogP) is 2.98. The van der Waals surface area contributed by atoms with E-state index in [1.807, 2.05) is 0 Å². The first-order chi connectivity index (χ1) is 9.72. The molecule has 2 heterocycles. The highest BCUT2D eigenvalue weighted by Gasteiger charge is 2.22. The molecule has 0 amide bonds. The highest BCUT2D eigenvalue weighted by molar-refractivity contribution is 6.31. The van der Waals surface area contributed by atoms with Crippen LogP contribution in [-0.2, 0) is 6.54 Å². The van der Waals surface area contributed by atoms with Crippen LogP contribution in [0.25, 0.3) is 0 Å². The first kappa shape index (κ1) is 13.5. The highest BCUT2D eigenvalue weighted by Crippen LogP contribution is 2.27. The van der Waals surface area contributed by atoms with E-state index in [0.29, 0.717) is 17.5 Å². The molecule has 1 aromatic carbocycles. The number of hydrogen-bond donors (Lipinski definition) is 1. The van der Waals surface area contributed by atoms with Gasteiger partial charge >= 0.3 is 0 Å². The summed E-state index contributed by atoms with van der Waals surface area (Å²) in [6.07, 6.45) is 3.61. The fourth-order valence-corrected chi connectivity index (χ4v) is 2.86. The Morgan fingerprint density at radius 2 is 2.15 bits per heavy atom. The standard InChI is InChI=1S/C14H16ClFN4/c15-13-2-1-12(16)7-11(13)8-20-5-3-10(4-6-20)14-17-9-18-19-14/h1-2,7,9-10H,3-6,8H2,(H,17,18,19). The number of aromatic nitrogens is 3. The van der Waals surface area contributed by atoms with Gasteiger partial charge in [0.25, 0.3) is 0 Å². The van der Waals surface area contributed by atoms with Crippen molar-refractivity contribution in [3.63, 3.8) is 0 Å². The molecule has 0 atom stereocenters. The van der Waals surface area contributed by atoms with Crippen molar-refractivity contribution >= 4 is 11.6 Å². The lowest BCUT2D eigenvalue weighted by Gasteiger charge is -2.31. The van der Waals surface area contributed by atoms with E-state index >= 15 is 0 Å². The molecule has 0 bridgehead atoms. The summed E-state index contributed by atoms with van der Waals surface area (Å²) >= 11 is 6.11. The van der Waals surface area contributed by atoms with Crippen molar-refractivity contribution in [1.82, 2.24) is 20.1 Å². The Kier molecular flexibility index (Phi) is 3.98. The van der Waals surface area contributed by atoms with E-state index in [2.05, 4.69) is 20.1 Å². The summed E-state index contributed by atoms with van der Waals surface area (Å²) in [7, 11) is 0. The summed E-state index contributed by atoms with van der Waals surface area (Å²) in [6, 6.07) is 4.53. The molecule has 0 spiro atoms. The molecule has 6 heteroatoms. The maximum Gasteiger partial charge on any atom is 0.137 e. The van der Waals surface area contributed by atoms with Gasteiger partial charge in [-0.15, -0.1) is 0 Å². The minimum atomic E-state index is -0.235. The molecular weight excluding hydrogens is 279 g/mol. The highest BCUT2D eigenvalue weighted by atomic mass is 35.5. The molecule has 2 aromatic rings. The first-order valence-electron chi connectivity index (χ1n) is 6.74. The van der Waals surface area contributed by atoms with Crippen LogP contribution in [0, 0.1) is 5.82 Å². The van der Waals surface area contributed by atoms with Crippen LogP contribution >= 0.6 is 11.6 Å². The lowest BCUT2D eigenvalue weighted by molar-refractivity contribution is 0.201. The number of benzene rings is 1. The van der Waals surface area contributed by atoms with Crippen LogP contribution in [0.1, 0.15) is 30.1 Å². The minimum absolute atomic E-state index is 0.235. The zero-order chi connectivity index (χ0) is 13.9. The average Bonchev–Trinajstić information content (AvgIpc) is 2.98. The van der Waals surface area contributed by atoms with Gasteiger partial charge in [-0.2, -0.15) is 5.10 Å². The first-order valence-corrected chi connectivity index (χ1v) is 7.11. The maximum atomic E-state index is 13.3. The fourth-order valence-electron chi connectivity index (χ4n) is 2.68. The van der Waals surface area contributed by atoms with Gasteiger partial charge in [-0.3, -0.25) is 10.00 Å². The molecule has 1 fully saturated rings. The summed E-state index contributed by atoms with van der Waals surface area (Å²) < 4.78 is 13.3. The summed E-state index contributed by atoms with van der Waals surface area (Å²) in [5, 5.41) is 7.46. The molecule has 0 aliphatic carbocycles. The van der Waals surface area contributed by atoms with Crippen molar-refractivity contribution in [2.45, 2.75) is 25.3 Å². The average molecular weight is 295 g/mol. The van der Waals surface area contributed by atoms with Crippen LogP contribution in [0.5, 0.6) is 0 Å². The molecule has 1 saturated heterocycles. The lowest BCUT2D eigenvalue weighted by Crippen LogP contribution is -2.32. The van der Waals surface area contributed by atoms with Crippen molar-refractivity contribution in [1.29, 1.82) is 0 Å². The maximum absolute atomic E-state index is 13.3. The number of halogens is 2. The fraction of sp³-hybridized carbons (Fsp3) is 0.429. The quantitative estimate of drug-likeness (QED) is 0.946. The van der Waals surface area contributed by atoms with Gasteiger partial charge < -0.3 is 0 Å². The predicted molar refractivity (Wildman–Crippen MR) is 75.0 cm³/mol. The van der Waals surface area contributed by atoms with Crippen LogP contribution in [0.4, 0.5) is 4.39 Å². The van der Waals surface area contributed by atoms with Gasteiger partial charge in [-0.25, -0.2) is 9.37 Å². The second-order valence-electron chi connectivity index (χ2n) is 5.16. The third-order valence-electron chi connectivity index (χ3n) is 3.81. The Morgan fingerprint density at radius 1 is 1.35 bits per heavy atom. The molecule has 106 valence electrons. The zero-order valence-corrected chi connectivity index (χ0v) is 11.8. The van der Waals surface area contributed by atoms with Gasteiger partial charge in [0, 0.05) is 17.5 Å². The number of H-pyrrole nitrogens is 1. The Hall–Kier alpha value is -1.46. The van der Waals surface area contributed by atoms with E-state index in [9.17, 15) is 4.39 Å². The summed E-state index contributed by atoms with van der Waals surface area (Å²) in [5.41, 5.74) is 0.852. The SMILES string of the molecule is Fc1ccc(Cl)c(CN2CCC(c3ncn[nH]3)CC2)c1. The van der Waals surface area contributed by atoms with Crippen LogP contribution in [0.15, 0.2) is 24.5 Å². The number of nitrogens with zero attached hydrogens (tertiary/aromatic N) is 3. The normalized spacial score (nSPS) is 17.5. The molecule has 4 nitrogen and oxygen atoms in total. The topological polar surface area (TPSA) is 44.8 Å². The summed E-state index contributed by atoms with van der Waals surface area (Å²) in [5.74, 6) is 1.17. The molecule has 0 unspecified atom stereocenters. The van der Waals surface area contributed by atoms with Gasteiger partial charge in [0.2, 0.25) is 0 Å². The van der Waals surface area contributed by atoms with E-state index in [0.717, 1.165) is 37.3 Å². The Labute approximate surface area is 122 Å². The van der Waals surface area contributed by atoms with Crippen molar-refractivity contribution in [3.05, 3.63) is 46.8 Å². The molecular formula is C14H16ClFN4. The van der Waals surface area contributed by atoms with Crippen LogP contribution in [0.3, 0.4) is 0 Å². The van der Waals surface area contributed by atoms with E-state index in [4.69, 9.17) is 11.6 Å². The smallest absolute Gasteiger partial charge is 0.137 e. The Bertz CT molecular complexity index is 565. The number of piperidine rings is 1. The van der Waals surface area contributed by atoms with Crippen LogP contribution < -0.4 is 0 Å². The third-order valence-corrected chi connectivity index (χ3v) is 4.18. The number of nitrogens with one attached hydrogen (secondary N) is 1. The molecule has 1 aliphatic rings. The molecule has 1 aliphatic heterocycles. The van der Waals surface area contributed by atoms with Crippen molar-refractivity contribution in [2.75, 3.05) is 13.1 Å². The van der Waals surface area contributed by atoms with Gasteiger partial charge in [0.05, 0.1) is 0 Å². The van der Waals surface area contributed by atoms with E-state index in [1.165, 1.54) is 12.1 Å². The van der Waals surface area contributed by atoms with E-state index in [1.54, 1.807) is 12.4 Å². The van der Waals surface area contributed by atoms with E-state index < -0.39 is 0 Å². The summed E-state index contributed by atoms with van der Waals surface area (Å²) in [4.78, 5) is 6.52. The van der Waals surface area contributed by atoms with Crippen molar-refractivity contribution in [3.8, 4) is 0 Å². The molecule has 1 N–H and O–H groups in total. The molecule has 0 radical (unpaired) electrons. The zero-order valence-electron chi connectivity index (χ0n) is 11.0. The third kappa shape index (κ3) is 2.99. The van der Waals surface area contributed by atoms with Gasteiger partial charge in [0.15, 0.2) is 0 Å². The lowest BCUT2D eigenvalue weighted by atomic mass is 9.96. The summed E-state index contributed by atoms with van der Waals surface area (Å²) in [6.45, 7) is 2.61. The number of aromatic amines is 1. The Morgan fingerprint density at radius 3 is 2.85 bits per heavy atom. The minimum Gasteiger partial charge on any atom is -0.299 e. The monoisotopic (exact) mass is 294 g/mol. The Balaban J connectivity index is 1.60. The molecule has 3 rings (SSSR count). The molecule has 1 aromatic heterocycles. The number of rotatable bonds is 3. The van der Waals surface area contributed by atoms with Gasteiger partial charge in [-0.05, 0) is 49.7 Å². The van der Waals surface area contributed by atoms with Gasteiger partial charge in [0.1, 0.15) is 18.0 Å². The van der Waals surface area contributed by atoms with Crippen molar-refractivity contribution in [2.24, 2.45) is 0 Å². The number of likely N-dealkylation sites (tertiary alicyclic amines) is 1. The van der Waals surface area contributed by atoms with E-state index in [-0.39, 0.29) is 5.82 Å². The second-order valence-corrected chi connectivity index (χ2v) is 5.56. The largest absolute Gasteiger partial charge is 0.299 e.